The van der Waals surface area contributed by atoms with Crippen LogP contribution in [-0.2, 0) is 16.1 Å². The lowest BCUT2D eigenvalue weighted by molar-refractivity contribution is -0.119. The summed E-state index contributed by atoms with van der Waals surface area (Å²) in [7, 11) is 0. The zero-order valence-electron chi connectivity index (χ0n) is 14.1. The molecule has 0 bridgehead atoms. The van der Waals surface area contributed by atoms with Crippen molar-refractivity contribution < 1.29 is 19.2 Å². The number of hydrogen-bond acceptors (Lipinski definition) is 5. The number of aromatic nitrogens is 2. The van der Waals surface area contributed by atoms with E-state index in [2.05, 4.69) is 10.4 Å². The molecule has 0 atom stereocenters. The number of rotatable bonds is 6. The second-order valence-corrected chi connectivity index (χ2v) is 6.00. The minimum Gasteiger partial charge on any atom is -0.368 e. The maximum atomic E-state index is 12.4. The third-order valence-electron chi connectivity index (χ3n) is 3.92. The minimum absolute atomic E-state index is 0.0212. The van der Waals surface area contributed by atoms with Crippen LogP contribution in [0.4, 0.5) is 5.69 Å². The molecule has 4 amide bonds. The van der Waals surface area contributed by atoms with Gasteiger partial charge in [-0.25, -0.2) is 0 Å². The molecule has 1 aliphatic heterocycles. The van der Waals surface area contributed by atoms with Crippen molar-refractivity contribution >= 4 is 29.3 Å². The maximum Gasteiger partial charge on any atom is 0.261 e. The lowest BCUT2D eigenvalue weighted by Gasteiger charge is -2.13. The van der Waals surface area contributed by atoms with Crippen LogP contribution in [-0.4, -0.2) is 44.9 Å². The van der Waals surface area contributed by atoms with Gasteiger partial charge in [0.2, 0.25) is 11.8 Å². The fraction of sp³-hybridized carbons (Fsp3) is 0.235. The van der Waals surface area contributed by atoms with Gasteiger partial charge in [-0.15, -0.1) is 0 Å². The average Bonchev–Trinajstić information content (AvgIpc) is 3.08. The maximum absolute atomic E-state index is 12.4. The van der Waals surface area contributed by atoms with Crippen molar-refractivity contribution in [1.29, 1.82) is 0 Å². The van der Waals surface area contributed by atoms with Crippen LogP contribution in [0.25, 0.3) is 0 Å². The van der Waals surface area contributed by atoms with Crippen LogP contribution in [0.1, 0.15) is 32.7 Å². The van der Waals surface area contributed by atoms with Gasteiger partial charge in [0.1, 0.15) is 6.54 Å². The van der Waals surface area contributed by atoms with Crippen molar-refractivity contribution in [2.75, 3.05) is 11.9 Å². The zero-order chi connectivity index (χ0) is 18.8. The molecule has 0 unspecified atom stereocenters. The number of imide groups is 1. The van der Waals surface area contributed by atoms with Gasteiger partial charge >= 0.3 is 0 Å². The Morgan fingerprint density at radius 2 is 1.92 bits per heavy atom. The summed E-state index contributed by atoms with van der Waals surface area (Å²) in [4.78, 5) is 48.6. The van der Waals surface area contributed by atoms with Crippen LogP contribution in [0, 0.1) is 6.92 Å². The first-order valence-corrected chi connectivity index (χ1v) is 7.92. The number of primary amides is 1. The predicted octanol–water partition coefficient (Wildman–Crippen LogP) is 0.302. The third kappa shape index (κ3) is 3.46. The van der Waals surface area contributed by atoms with E-state index in [0.717, 1.165) is 10.5 Å². The summed E-state index contributed by atoms with van der Waals surface area (Å²) in [5.74, 6) is -1.72. The van der Waals surface area contributed by atoms with Gasteiger partial charge in [-0.05, 0) is 19.1 Å². The number of hydrogen-bond donors (Lipinski definition) is 2. The quantitative estimate of drug-likeness (QED) is 0.721. The number of benzene rings is 1. The molecule has 0 radical (unpaired) electrons. The summed E-state index contributed by atoms with van der Waals surface area (Å²) >= 11 is 0. The van der Waals surface area contributed by atoms with E-state index in [4.69, 9.17) is 5.73 Å². The summed E-state index contributed by atoms with van der Waals surface area (Å²) in [5.41, 5.74) is 7.07. The molecule has 0 fully saturated rings. The van der Waals surface area contributed by atoms with Crippen molar-refractivity contribution in [2.24, 2.45) is 5.73 Å². The normalized spacial score (nSPS) is 13.0. The Balaban J connectivity index is 1.58. The van der Waals surface area contributed by atoms with Crippen LogP contribution in [0.2, 0.25) is 0 Å². The second kappa shape index (κ2) is 6.79. The SMILES string of the molecule is Cc1ccc2c(c1)C(=O)N(CCC(=O)Nc1cnn(CC(N)=O)c1)C2=O. The van der Waals surface area contributed by atoms with Crippen LogP contribution in [0.15, 0.2) is 30.6 Å². The molecule has 134 valence electrons. The van der Waals surface area contributed by atoms with Gasteiger partial charge in [0.25, 0.3) is 11.8 Å². The average molecular weight is 355 g/mol. The largest absolute Gasteiger partial charge is 0.368 e. The first-order chi connectivity index (χ1) is 12.3. The standard InChI is InChI=1S/C17H17N5O4/c1-10-2-3-12-13(6-10)17(26)22(16(12)25)5-4-15(24)20-11-7-19-21(8-11)9-14(18)23/h2-3,6-8H,4-5,9H2,1H3,(H2,18,23)(H,20,24). The molecule has 26 heavy (non-hydrogen) atoms. The molecule has 2 heterocycles. The van der Waals surface area contributed by atoms with E-state index >= 15 is 0 Å². The molecule has 9 heteroatoms. The van der Waals surface area contributed by atoms with Crippen molar-refractivity contribution in [1.82, 2.24) is 14.7 Å². The molecule has 9 nitrogen and oxygen atoms in total. The molecule has 0 aliphatic carbocycles. The number of anilines is 1. The van der Waals surface area contributed by atoms with Gasteiger partial charge in [-0.3, -0.25) is 28.8 Å². The molecule has 0 spiro atoms. The number of carbonyl (C=O) groups is 4. The molecule has 1 aromatic carbocycles. The Kier molecular flexibility index (Phi) is 4.53. The summed E-state index contributed by atoms with van der Waals surface area (Å²) < 4.78 is 1.30. The summed E-state index contributed by atoms with van der Waals surface area (Å²) in [6.07, 6.45) is 2.80. The number of amides is 4. The molecule has 3 rings (SSSR count). The fourth-order valence-corrected chi connectivity index (χ4v) is 2.72. The van der Waals surface area contributed by atoms with Gasteiger partial charge in [0.15, 0.2) is 0 Å². The van der Waals surface area contributed by atoms with E-state index in [0.29, 0.717) is 16.8 Å². The monoisotopic (exact) mass is 355 g/mol. The van der Waals surface area contributed by atoms with Crippen molar-refractivity contribution in [3.63, 3.8) is 0 Å². The van der Waals surface area contributed by atoms with E-state index in [1.54, 1.807) is 18.2 Å². The molecular weight excluding hydrogens is 338 g/mol. The number of carbonyl (C=O) groups excluding carboxylic acids is 4. The van der Waals surface area contributed by atoms with Gasteiger partial charge < -0.3 is 11.1 Å². The zero-order valence-corrected chi connectivity index (χ0v) is 14.1. The Morgan fingerprint density at radius 3 is 2.65 bits per heavy atom. The number of nitrogens with one attached hydrogen (secondary N) is 1. The van der Waals surface area contributed by atoms with E-state index < -0.39 is 17.7 Å². The predicted molar refractivity (Wildman–Crippen MR) is 91.2 cm³/mol. The molecule has 0 saturated heterocycles. The highest BCUT2D eigenvalue weighted by molar-refractivity contribution is 6.21. The molecule has 1 aliphatic rings. The Hall–Kier alpha value is -3.49. The Bertz CT molecular complexity index is 918. The number of fused-ring (bicyclic) bond motifs is 1. The minimum atomic E-state index is -0.549. The Labute approximate surface area is 148 Å². The first kappa shape index (κ1) is 17.3. The van der Waals surface area contributed by atoms with Gasteiger partial charge in [-0.1, -0.05) is 11.6 Å². The molecule has 3 N–H and O–H groups in total. The smallest absolute Gasteiger partial charge is 0.261 e. The first-order valence-electron chi connectivity index (χ1n) is 7.92. The van der Waals surface area contributed by atoms with Crippen LogP contribution < -0.4 is 11.1 Å². The van der Waals surface area contributed by atoms with Crippen LogP contribution in [0.3, 0.4) is 0 Å². The third-order valence-corrected chi connectivity index (χ3v) is 3.92. The van der Waals surface area contributed by atoms with E-state index in [9.17, 15) is 19.2 Å². The van der Waals surface area contributed by atoms with E-state index in [1.165, 1.54) is 17.1 Å². The molecule has 1 aromatic heterocycles. The van der Waals surface area contributed by atoms with E-state index in [1.807, 2.05) is 6.92 Å². The topological polar surface area (TPSA) is 127 Å². The van der Waals surface area contributed by atoms with Gasteiger partial charge in [0, 0.05) is 19.2 Å². The van der Waals surface area contributed by atoms with Crippen molar-refractivity contribution in [3.8, 4) is 0 Å². The second-order valence-electron chi connectivity index (χ2n) is 6.00. The number of nitrogens with zero attached hydrogens (tertiary/aromatic N) is 3. The summed E-state index contributed by atoms with van der Waals surface area (Å²) in [6, 6.07) is 5.06. The molecule has 2 aromatic rings. The summed E-state index contributed by atoms with van der Waals surface area (Å²) in [5, 5.41) is 6.48. The molecular formula is C17H17N5O4. The van der Waals surface area contributed by atoms with Crippen LogP contribution in [0.5, 0.6) is 0 Å². The van der Waals surface area contributed by atoms with Crippen molar-refractivity contribution in [3.05, 3.63) is 47.3 Å². The van der Waals surface area contributed by atoms with Gasteiger partial charge in [0.05, 0.1) is 23.0 Å². The highest BCUT2D eigenvalue weighted by atomic mass is 16.2. The number of nitrogens with two attached hydrogens (primary N) is 1. The van der Waals surface area contributed by atoms with E-state index in [-0.39, 0.29) is 25.4 Å². The number of aryl methyl sites for hydroxylation is 1. The van der Waals surface area contributed by atoms with Crippen molar-refractivity contribution in [2.45, 2.75) is 19.9 Å². The highest BCUT2D eigenvalue weighted by Gasteiger charge is 2.35. The fourth-order valence-electron chi connectivity index (χ4n) is 2.72. The van der Waals surface area contributed by atoms with Crippen LogP contribution >= 0.6 is 0 Å². The lowest BCUT2D eigenvalue weighted by Crippen LogP contribution is -2.32. The summed E-state index contributed by atoms with van der Waals surface area (Å²) in [6.45, 7) is 1.73. The highest BCUT2D eigenvalue weighted by Crippen LogP contribution is 2.24. The lowest BCUT2D eigenvalue weighted by atomic mass is 10.1. The Morgan fingerprint density at radius 1 is 1.19 bits per heavy atom. The molecule has 0 saturated carbocycles. The van der Waals surface area contributed by atoms with Gasteiger partial charge in [-0.2, -0.15) is 5.10 Å².